The second kappa shape index (κ2) is 20.3. The van der Waals surface area contributed by atoms with E-state index in [1.54, 1.807) is 0 Å². The van der Waals surface area contributed by atoms with Crippen LogP contribution in [0.4, 0.5) is 34.1 Å². The first-order valence-electron chi connectivity index (χ1n) is 30.9. The number of furan rings is 2. The molecule has 2 aliphatic rings. The Bertz CT molecular complexity index is 4540. The Morgan fingerprint density at radius 2 is 0.690 bits per heavy atom. The minimum atomic E-state index is 0.446. The minimum Gasteiger partial charge on any atom is -0.455 e. The van der Waals surface area contributed by atoms with Gasteiger partial charge in [0.25, 0.3) is 0 Å². The van der Waals surface area contributed by atoms with Crippen LogP contribution in [0.3, 0.4) is 0 Å². The lowest BCUT2D eigenvalue weighted by Gasteiger charge is -2.35. The van der Waals surface area contributed by atoms with Gasteiger partial charge < -0.3 is 18.6 Å². The maximum Gasteiger partial charge on any atom is 0.143 e. The number of anilines is 6. The van der Waals surface area contributed by atoms with Gasteiger partial charge in [-0.25, -0.2) is 0 Å². The van der Waals surface area contributed by atoms with E-state index in [0.717, 1.165) is 77.5 Å². The summed E-state index contributed by atoms with van der Waals surface area (Å²) < 4.78 is 13.5. The Morgan fingerprint density at radius 1 is 0.321 bits per heavy atom. The summed E-state index contributed by atoms with van der Waals surface area (Å²) in [6, 6.07) is 77.6. The molecule has 4 nitrogen and oxygen atoms in total. The van der Waals surface area contributed by atoms with Crippen molar-refractivity contribution in [1.82, 2.24) is 0 Å². The topological polar surface area (TPSA) is 32.8 Å². The molecule has 2 heterocycles. The van der Waals surface area contributed by atoms with Crippen LogP contribution in [0.2, 0.25) is 0 Å². The van der Waals surface area contributed by atoms with Gasteiger partial charge in [-0.05, 0) is 180 Å². The number of benzene rings is 12. The molecule has 2 aliphatic carbocycles. The fraction of sp³-hybridized carbons (Fsp3) is 0.200. The van der Waals surface area contributed by atoms with Crippen LogP contribution in [0.5, 0.6) is 0 Å². The summed E-state index contributed by atoms with van der Waals surface area (Å²) in [4.78, 5) is 5.26. The molecule has 12 aromatic carbocycles. The van der Waals surface area contributed by atoms with Gasteiger partial charge in [-0.15, -0.1) is 0 Å². The molecule has 0 bridgehead atoms. The van der Waals surface area contributed by atoms with Crippen molar-refractivity contribution >= 4 is 110 Å². The van der Waals surface area contributed by atoms with Gasteiger partial charge in [0.2, 0.25) is 0 Å². The van der Waals surface area contributed by atoms with E-state index in [-0.39, 0.29) is 0 Å². The van der Waals surface area contributed by atoms with E-state index in [1.807, 2.05) is 0 Å². The van der Waals surface area contributed by atoms with E-state index in [1.165, 1.54) is 153 Å². The monoisotopic (exact) mass is 1090 g/mol. The average molecular weight is 1090 g/mol. The van der Waals surface area contributed by atoms with E-state index >= 15 is 0 Å². The standard InChI is InChI=1S/C80H68N2O2/c1-49-21-15-22-50(2)77(49)81(57-31-17-29-55(45-57)59-35-19-37-65-61-33-11-13-39-73(61)83-79(59)65)71-47-69(53-25-7-5-8-26-53)63-42-44-68-72(48-70(54-27-9-6-10-28-54)64-41-43-67(71)75(63)76(64)68)82(78-51(3)23-16-24-52(78)4)58-32-18-30-56(46-58)60-36-20-38-66-62-34-12-14-40-74(62)84-80(60)66/h11-24,29-48,53-54H,5-10,25-28H2,1-4H3. The average Bonchev–Trinajstić information content (AvgIpc) is 1.30. The third-order valence-electron chi connectivity index (χ3n) is 19.5. The molecular formula is C80H68N2O2. The highest BCUT2D eigenvalue weighted by Crippen LogP contribution is 2.55. The van der Waals surface area contributed by atoms with Gasteiger partial charge in [-0.3, -0.25) is 0 Å². The number of para-hydroxylation sites is 6. The van der Waals surface area contributed by atoms with Gasteiger partial charge in [0.05, 0.1) is 22.7 Å². The third-order valence-corrected chi connectivity index (χ3v) is 19.5. The van der Waals surface area contributed by atoms with Crippen LogP contribution >= 0.6 is 0 Å². The number of hydrogen-bond donors (Lipinski definition) is 0. The number of nitrogens with zero attached hydrogens (tertiary/aromatic N) is 2. The molecule has 2 aromatic heterocycles. The Labute approximate surface area is 491 Å². The van der Waals surface area contributed by atoms with Gasteiger partial charge in [0.15, 0.2) is 0 Å². The van der Waals surface area contributed by atoms with Crippen molar-refractivity contribution in [1.29, 1.82) is 0 Å². The SMILES string of the molecule is Cc1cccc(C)c1N(c1cccc(-c2cccc3c2oc2ccccc23)c1)c1cc(C2CCCCC2)c2ccc3c(N(c4cccc(-c5cccc6c5oc5ccccc56)c4)c4c(C)cccc4C)cc(C4CCCCC4)c4ccc1c2c43. The van der Waals surface area contributed by atoms with Crippen LogP contribution in [0.1, 0.15) is 109 Å². The van der Waals surface area contributed by atoms with Crippen LogP contribution in [0, 0.1) is 27.7 Å². The fourth-order valence-electron chi connectivity index (χ4n) is 15.5. The van der Waals surface area contributed by atoms with Crippen molar-refractivity contribution in [3.8, 4) is 22.3 Å². The smallest absolute Gasteiger partial charge is 0.143 e. The van der Waals surface area contributed by atoms with Gasteiger partial charge >= 0.3 is 0 Å². The molecular weight excluding hydrogens is 1020 g/mol. The van der Waals surface area contributed by atoms with Crippen LogP contribution in [-0.4, -0.2) is 0 Å². The molecule has 0 N–H and O–H groups in total. The van der Waals surface area contributed by atoms with E-state index in [9.17, 15) is 0 Å². The zero-order valence-corrected chi connectivity index (χ0v) is 48.6. The molecule has 2 fully saturated rings. The maximum absolute atomic E-state index is 6.73. The number of aryl methyl sites for hydroxylation is 4. The molecule has 0 radical (unpaired) electrons. The van der Waals surface area contributed by atoms with E-state index in [4.69, 9.17) is 8.83 Å². The molecule has 16 rings (SSSR count). The molecule has 0 unspecified atom stereocenters. The van der Waals surface area contributed by atoms with Crippen LogP contribution in [0.15, 0.2) is 215 Å². The maximum atomic E-state index is 6.73. The van der Waals surface area contributed by atoms with E-state index < -0.39 is 0 Å². The highest BCUT2D eigenvalue weighted by Gasteiger charge is 2.31. The predicted octanol–water partition coefficient (Wildman–Crippen LogP) is 24.0. The van der Waals surface area contributed by atoms with Crippen molar-refractivity contribution < 1.29 is 8.83 Å². The lowest BCUT2D eigenvalue weighted by atomic mass is 9.77. The Morgan fingerprint density at radius 3 is 1.12 bits per heavy atom. The molecule has 0 saturated heterocycles. The molecule has 14 aromatic rings. The quantitative estimate of drug-likeness (QED) is 0.128. The van der Waals surface area contributed by atoms with Crippen molar-refractivity contribution in [3.05, 3.63) is 240 Å². The Kier molecular flexibility index (Phi) is 12.3. The third kappa shape index (κ3) is 8.16. The van der Waals surface area contributed by atoms with Crippen molar-refractivity contribution in [2.75, 3.05) is 9.80 Å². The zero-order chi connectivity index (χ0) is 56.2. The number of fused-ring (bicyclic) bond motifs is 6. The summed E-state index contributed by atoms with van der Waals surface area (Å²) in [5, 5.41) is 12.7. The predicted molar refractivity (Wildman–Crippen MR) is 356 cm³/mol. The summed E-state index contributed by atoms with van der Waals surface area (Å²) in [5.41, 5.74) is 23.2. The summed E-state index contributed by atoms with van der Waals surface area (Å²) in [5.74, 6) is 0.891. The molecule has 0 amide bonds. The van der Waals surface area contributed by atoms with Crippen LogP contribution < -0.4 is 9.80 Å². The second-order valence-electron chi connectivity index (χ2n) is 24.5. The van der Waals surface area contributed by atoms with Crippen molar-refractivity contribution in [2.45, 2.75) is 104 Å². The molecule has 410 valence electrons. The summed E-state index contributed by atoms with van der Waals surface area (Å²) in [7, 11) is 0. The van der Waals surface area contributed by atoms with Crippen LogP contribution in [-0.2, 0) is 0 Å². The first kappa shape index (κ1) is 50.6. The van der Waals surface area contributed by atoms with Crippen molar-refractivity contribution in [3.63, 3.8) is 0 Å². The highest BCUT2D eigenvalue weighted by atomic mass is 16.3. The molecule has 84 heavy (non-hydrogen) atoms. The Balaban J connectivity index is 0.983. The summed E-state index contributed by atoms with van der Waals surface area (Å²) in [6.45, 7) is 9.18. The van der Waals surface area contributed by atoms with E-state index in [2.05, 4.69) is 244 Å². The van der Waals surface area contributed by atoms with Crippen molar-refractivity contribution in [2.24, 2.45) is 0 Å². The van der Waals surface area contributed by atoms with Gasteiger partial charge in [-0.2, -0.15) is 0 Å². The first-order chi connectivity index (χ1) is 41.3. The molecule has 4 heteroatoms. The Hall–Kier alpha value is -9.12. The fourth-order valence-corrected chi connectivity index (χ4v) is 15.5. The van der Waals surface area contributed by atoms with Gasteiger partial charge in [-0.1, -0.05) is 196 Å². The van der Waals surface area contributed by atoms with E-state index in [0.29, 0.717) is 11.8 Å². The number of hydrogen-bond acceptors (Lipinski definition) is 4. The molecule has 0 aliphatic heterocycles. The molecule has 0 atom stereocenters. The summed E-state index contributed by atoms with van der Waals surface area (Å²) in [6.07, 6.45) is 12.4. The zero-order valence-electron chi connectivity index (χ0n) is 48.6. The van der Waals surface area contributed by atoms with Gasteiger partial charge in [0.1, 0.15) is 22.3 Å². The number of rotatable bonds is 10. The molecule has 2 saturated carbocycles. The second-order valence-corrected chi connectivity index (χ2v) is 24.5. The summed E-state index contributed by atoms with van der Waals surface area (Å²) >= 11 is 0. The highest BCUT2D eigenvalue weighted by molar-refractivity contribution is 6.30. The largest absolute Gasteiger partial charge is 0.455 e. The van der Waals surface area contributed by atoms with Gasteiger partial charge in [0, 0.05) is 54.8 Å². The first-order valence-corrected chi connectivity index (χ1v) is 30.9. The molecule has 0 spiro atoms. The minimum absolute atomic E-state index is 0.446. The normalized spacial score (nSPS) is 14.6. The lowest BCUT2D eigenvalue weighted by molar-refractivity contribution is 0.445. The lowest BCUT2D eigenvalue weighted by Crippen LogP contribution is -2.16. The van der Waals surface area contributed by atoms with Crippen LogP contribution in [0.25, 0.3) is 98.4 Å².